The molecule has 1 aromatic heterocycles. The Hall–Kier alpha value is -1.92. The van der Waals surface area contributed by atoms with Gasteiger partial charge in [-0.2, -0.15) is 4.68 Å². The zero-order valence-corrected chi connectivity index (χ0v) is 13.4. The standard InChI is InChI=1S/C14H11BrClN5/c1-8-2-3-9(15)6-13(8)21-14(18-19-20-21)11-7-10(16)4-5-12(11)17/h2-7H,17H2,1H3. The van der Waals surface area contributed by atoms with Gasteiger partial charge >= 0.3 is 0 Å². The number of nitrogens with zero attached hydrogens (tertiary/aromatic N) is 4. The molecule has 3 aromatic rings. The highest BCUT2D eigenvalue weighted by Crippen LogP contribution is 2.29. The van der Waals surface area contributed by atoms with Gasteiger partial charge < -0.3 is 5.73 Å². The minimum atomic E-state index is 0.552. The lowest BCUT2D eigenvalue weighted by atomic mass is 10.1. The molecule has 0 bridgehead atoms. The predicted octanol–water partition coefficient (Wildman–Crippen LogP) is 3.64. The summed E-state index contributed by atoms with van der Waals surface area (Å²) in [5, 5.41) is 12.5. The van der Waals surface area contributed by atoms with Crippen LogP contribution in [0.3, 0.4) is 0 Å². The molecule has 0 fully saturated rings. The number of hydrogen-bond donors (Lipinski definition) is 1. The van der Waals surface area contributed by atoms with E-state index in [1.54, 1.807) is 22.9 Å². The number of aryl methyl sites for hydroxylation is 1. The van der Waals surface area contributed by atoms with Crippen LogP contribution in [-0.4, -0.2) is 20.2 Å². The van der Waals surface area contributed by atoms with Gasteiger partial charge in [0, 0.05) is 20.7 Å². The average molecular weight is 365 g/mol. The summed E-state index contributed by atoms with van der Waals surface area (Å²) in [6.45, 7) is 1.99. The van der Waals surface area contributed by atoms with Crippen LogP contribution in [0.4, 0.5) is 5.69 Å². The van der Waals surface area contributed by atoms with Crippen molar-refractivity contribution in [2.24, 2.45) is 0 Å². The Labute approximate surface area is 134 Å². The minimum absolute atomic E-state index is 0.552. The average Bonchev–Trinajstić information content (AvgIpc) is 2.93. The number of aromatic nitrogens is 4. The van der Waals surface area contributed by atoms with Crippen LogP contribution in [-0.2, 0) is 0 Å². The Kier molecular flexibility index (Phi) is 3.65. The first-order valence-corrected chi connectivity index (χ1v) is 7.33. The molecule has 0 aliphatic carbocycles. The number of anilines is 1. The van der Waals surface area contributed by atoms with E-state index in [-0.39, 0.29) is 0 Å². The lowest BCUT2D eigenvalue weighted by Gasteiger charge is -2.10. The molecule has 0 atom stereocenters. The Balaban J connectivity index is 2.22. The van der Waals surface area contributed by atoms with Gasteiger partial charge in [0.1, 0.15) is 0 Å². The maximum Gasteiger partial charge on any atom is 0.189 e. The first-order valence-electron chi connectivity index (χ1n) is 6.16. The van der Waals surface area contributed by atoms with Gasteiger partial charge in [0.25, 0.3) is 0 Å². The summed E-state index contributed by atoms with van der Waals surface area (Å²) < 4.78 is 2.60. The number of rotatable bonds is 2. The van der Waals surface area contributed by atoms with Crippen LogP contribution in [0.15, 0.2) is 40.9 Å². The SMILES string of the molecule is Cc1ccc(Br)cc1-n1nnnc1-c1cc(Cl)ccc1N. The van der Waals surface area contributed by atoms with E-state index in [0.717, 1.165) is 15.7 Å². The van der Waals surface area contributed by atoms with Crippen LogP contribution in [0.5, 0.6) is 0 Å². The second-order valence-electron chi connectivity index (χ2n) is 4.58. The minimum Gasteiger partial charge on any atom is -0.398 e. The second kappa shape index (κ2) is 5.46. The van der Waals surface area contributed by atoms with Gasteiger partial charge in [0.15, 0.2) is 5.82 Å². The largest absolute Gasteiger partial charge is 0.398 e. The molecule has 0 aliphatic rings. The highest BCUT2D eigenvalue weighted by molar-refractivity contribution is 9.10. The Morgan fingerprint density at radius 2 is 2.00 bits per heavy atom. The number of nitrogens with two attached hydrogens (primary N) is 1. The van der Waals surface area contributed by atoms with E-state index in [9.17, 15) is 0 Å². The molecule has 3 rings (SSSR count). The molecule has 5 nitrogen and oxygen atoms in total. The van der Waals surface area contributed by atoms with Crippen molar-refractivity contribution in [3.63, 3.8) is 0 Å². The summed E-state index contributed by atoms with van der Waals surface area (Å²) in [6.07, 6.45) is 0. The van der Waals surface area contributed by atoms with Gasteiger partial charge in [0.05, 0.1) is 5.69 Å². The fourth-order valence-electron chi connectivity index (χ4n) is 2.05. The molecule has 7 heteroatoms. The van der Waals surface area contributed by atoms with Crippen molar-refractivity contribution < 1.29 is 0 Å². The van der Waals surface area contributed by atoms with E-state index in [2.05, 4.69) is 31.5 Å². The van der Waals surface area contributed by atoms with Gasteiger partial charge in [-0.15, -0.1) is 5.10 Å². The van der Waals surface area contributed by atoms with Crippen LogP contribution in [0.1, 0.15) is 5.56 Å². The number of benzene rings is 2. The molecule has 0 unspecified atom stereocenters. The molecule has 2 aromatic carbocycles. The molecule has 0 spiro atoms. The van der Waals surface area contributed by atoms with Crippen molar-refractivity contribution in [1.29, 1.82) is 0 Å². The quantitative estimate of drug-likeness (QED) is 0.705. The number of nitrogen functional groups attached to an aromatic ring is 1. The van der Waals surface area contributed by atoms with Crippen LogP contribution >= 0.6 is 27.5 Å². The van der Waals surface area contributed by atoms with E-state index in [1.165, 1.54) is 0 Å². The summed E-state index contributed by atoms with van der Waals surface area (Å²) >= 11 is 9.51. The third-order valence-electron chi connectivity index (χ3n) is 3.13. The van der Waals surface area contributed by atoms with Crippen molar-refractivity contribution in [3.05, 3.63) is 51.5 Å². The summed E-state index contributed by atoms with van der Waals surface area (Å²) in [7, 11) is 0. The highest BCUT2D eigenvalue weighted by atomic mass is 79.9. The molecule has 0 saturated heterocycles. The van der Waals surface area contributed by atoms with Crippen molar-refractivity contribution in [2.75, 3.05) is 5.73 Å². The molecule has 0 amide bonds. The molecule has 0 saturated carbocycles. The van der Waals surface area contributed by atoms with Crippen LogP contribution in [0.25, 0.3) is 17.1 Å². The van der Waals surface area contributed by atoms with Gasteiger partial charge in [-0.1, -0.05) is 33.6 Å². The molecule has 106 valence electrons. The summed E-state index contributed by atoms with van der Waals surface area (Å²) in [5.41, 5.74) is 9.22. The second-order valence-corrected chi connectivity index (χ2v) is 5.93. The Morgan fingerprint density at radius 1 is 1.19 bits per heavy atom. The van der Waals surface area contributed by atoms with Crippen molar-refractivity contribution in [2.45, 2.75) is 6.92 Å². The maximum atomic E-state index is 6.05. The number of hydrogen-bond acceptors (Lipinski definition) is 4. The maximum absolute atomic E-state index is 6.05. The zero-order chi connectivity index (χ0) is 15.0. The van der Waals surface area contributed by atoms with Crippen LogP contribution < -0.4 is 5.73 Å². The molecular formula is C14H11BrClN5. The zero-order valence-electron chi connectivity index (χ0n) is 11.1. The van der Waals surface area contributed by atoms with Crippen LogP contribution in [0.2, 0.25) is 5.02 Å². The van der Waals surface area contributed by atoms with E-state index < -0.39 is 0 Å². The van der Waals surface area contributed by atoms with E-state index >= 15 is 0 Å². The first kappa shape index (κ1) is 14.0. The summed E-state index contributed by atoms with van der Waals surface area (Å²) in [5.74, 6) is 0.552. The number of halogens is 2. The molecule has 0 aliphatic heterocycles. The van der Waals surface area contributed by atoms with Crippen molar-refractivity contribution in [3.8, 4) is 17.1 Å². The van der Waals surface area contributed by atoms with E-state index in [1.807, 2.05) is 25.1 Å². The third kappa shape index (κ3) is 2.64. The fraction of sp³-hybridized carbons (Fsp3) is 0.0714. The Morgan fingerprint density at radius 3 is 2.81 bits per heavy atom. The van der Waals surface area contributed by atoms with Crippen molar-refractivity contribution >= 4 is 33.2 Å². The van der Waals surface area contributed by atoms with E-state index in [4.69, 9.17) is 17.3 Å². The van der Waals surface area contributed by atoms with Gasteiger partial charge in [-0.05, 0) is 53.2 Å². The monoisotopic (exact) mass is 363 g/mol. The predicted molar refractivity (Wildman–Crippen MR) is 86.4 cm³/mol. The van der Waals surface area contributed by atoms with Gasteiger partial charge in [-0.3, -0.25) is 0 Å². The van der Waals surface area contributed by atoms with Gasteiger partial charge in [0.2, 0.25) is 0 Å². The van der Waals surface area contributed by atoms with Gasteiger partial charge in [-0.25, -0.2) is 0 Å². The van der Waals surface area contributed by atoms with E-state index in [0.29, 0.717) is 22.1 Å². The first-order chi connectivity index (χ1) is 10.1. The normalized spacial score (nSPS) is 10.8. The Bertz CT molecular complexity index is 749. The molecular weight excluding hydrogens is 354 g/mol. The highest BCUT2D eigenvalue weighted by Gasteiger charge is 2.15. The molecule has 1 heterocycles. The topological polar surface area (TPSA) is 69.6 Å². The number of tetrazole rings is 1. The third-order valence-corrected chi connectivity index (χ3v) is 3.85. The smallest absolute Gasteiger partial charge is 0.189 e. The molecule has 21 heavy (non-hydrogen) atoms. The fourth-order valence-corrected chi connectivity index (χ4v) is 2.57. The molecule has 2 N–H and O–H groups in total. The molecule has 0 radical (unpaired) electrons. The summed E-state index contributed by atoms with van der Waals surface area (Å²) in [6, 6.07) is 11.1. The van der Waals surface area contributed by atoms with Crippen molar-refractivity contribution in [1.82, 2.24) is 20.2 Å². The summed E-state index contributed by atoms with van der Waals surface area (Å²) in [4.78, 5) is 0. The van der Waals surface area contributed by atoms with Crippen LogP contribution in [0, 0.1) is 6.92 Å². The lowest BCUT2D eigenvalue weighted by Crippen LogP contribution is -2.03. The lowest BCUT2D eigenvalue weighted by molar-refractivity contribution is 0.787.